The molecule has 0 spiro atoms. The van der Waals surface area contributed by atoms with Crippen molar-refractivity contribution in [1.29, 1.82) is 0 Å². The smallest absolute Gasteiger partial charge is 0.200 e. The third-order valence-corrected chi connectivity index (χ3v) is 2.54. The summed E-state index contributed by atoms with van der Waals surface area (Å²) < 4.78 is 36.7. The van der Waals surface area contributed by atoms with Crippen molar-refractivity contribution in [3.05, 3.63) is 29.3 Å². The first-order valence-corrected chi connectivity index (χ1v) is 5.07. The highest BCUT2D eigenvalue weighted by Crippen LogP contribution is 2.27. The van der Waals surface area contributed by atoms with Gasteiger partial charge < -0.3 is 14.8 Å². The number of hydrogen-bond donors (Lipinski definition) is 1. The summed E-state index contributed by atoms with van der Waals surface area (Å²) in [4.78, 5) is 0. The Kier molecular flexibility index (Phi) is 3.36. The van der Waals surface area contributed by atoms with E-state index in [9.17, 15) is 8.78 Å². The van der Waals surface area contributed by atoms with Crippen LogP contribution in [-0.4, -0.2) is 26.8 Å². The summed E-state index contributed by atoms with van der Waals surface area (Å²) in [5, 5.41) is 3.12. The van der Waals surface area contributed by atoms with Gasteiger partial charge in [-0.25, -0.2) is 4.39 Å². The van der Waals surface area contributed by atoms with E-state index in [0.717, 1.165) is 12.6 Å². The summed E-state index contributed by atoms with van der Waals surface area (Å²) in [5.74, 6) is -1.97. The Balaban J connectivity index is 2.29. The molecule has 16 heavy (non-hydrogen) atoms. The van der Waals surface area contributed by atoms with Crippen LogP contribution in [0.1, 0.15) is 11.7 Å². The minimum atomic E-state index is -0.963. The third-order valence-electron chi connectivity index (χ3n) is 2.54. The minimum Gasteiger partial charge on any atom is -0.494 e. The van der Waals surface area contributed by atoms with E-state index in [0.29, 0.717) is 18.7 Å². The Bertz CT molecular complexity index is 378. The molecule has 0 bridgehead atoms. The van der Waals surface area contributed by atoms with Crippen molar-refractivity contribution in [2.75, 3.05) is 26.8 Å². The molecule has 0 saturated carbocycles. The van der Waals surface area contributed by atoms with E-state index >= 15 is 0 Å². The zero-order valence-electron chi connectivity index (χ0n) is 8.93. The lowest BCUT2D eigenvalue weighted by Gasteiger charge is -2.24. The molecule has 2 rings (SSSR count). The van der Waals surface area contributed by atoms with Gasteiger partial charge in [0.05, 0.1) is 19.8 Å². The second-order valence-corrected chi connectivity index (χ2v) is 3.58. The van der Waals surface area contributed by atoms with E-state index in [-0.39, 0.29) is 11.9 Å². The van der Waals surface area contributed by atoms with E-state index in [4.69, 9.17) is 9.47 Å². The SMILES string of the molecule is COc1cc(C2CNCCO2)cc(F)c1F. The Morgan fingerprint density at radius 3 is 2.88 bits per heavy atom. The summed E-state index contributed by atoms with van der Waals surface area (Å²) in [6.07, 6.45) is -0.252. The molecule has 1 atom stereocenters. The number of morpholine rings is 1. The van der Waals surface area contributed by atoms with E-state index in [2.05, 4.69) is 5.32 Å². The van der Waals surface area contributed by atoms with Gasteiger partial charge in [0.1, 0.15) is 0 Å². The van der Waals surface area contributed by atoms with Gasteiger partial charge in [0.25, 0.3) is 0 Å². The molecular weight excluding hydrogens is 216 g/mol. The first-order chi connectivity index (χ1) is 7.72. The number of nitrogens with one attached hydrogen (secondary N) is 1. The van der Waals surface area contributed by atoms with Crippen molar-refractivity contribution in [3.63, 3.8) is 0 Å². The van der Waals surface area contributed by atoms with Gasteiger partial charge in [0, 0.05) is 13.1 Å². The fraction of sp³-hybridized carbons (Fsp3) is 0.455. The molecule has 1 aliphatic rings. The number of halogens is 2. The summed E-state index contributed by atoms with van der Waals surface area (Å²) in [7, 11) is 1.31. The maximum Gasteiger partial charge on any atom is 0.200 e. The summed E-state index contributed by atoms with van der Waals surface area (Å²) in [6, 6.07) is 2.62. The largest absolute Gasteiger partial charge is 0.494 e. The molecule has 1 saturated heterocycles. The van der Waals surface area contributed by atoms with E-state index in [1.165, 1.54) is 13.2 Å². The van der Waals surface area contributed by atoms with Gasteiger partial charge >= 0.3 is 0 Å². The lowest BCUT2D eigenvalue weighted by Crippen LogP contribution is -2.33. The standard InChI is InChI=1S/C11H13F2NO2/c1-15-9-5-7(4-8(12)11(9)13)10-6-14-2-3-16-10/h4-5,10,14H,2-3,6H2,1H3. The number of hydrogen-bond acceptors (Lipinski definition) is 3. The first-order valence-electron chi connectivity index (χ1n) is 5.07. The predicted octanol–water partition coefficient (Wildman–Crippen LogP) is 1.63. The molecular formula is C11H13F2NO2. The van der Waals surface area contributed by atoms with Gasteiger partial charge in [-0.15, -0.1) is 0 Å². The quantitative estimate of drug-likeness (QED) is 0.836. The van der Waals surface area contributed by atoms with E-state index < -0.39 is 11.6 Å². The molecule has 0 aliphatic carbocycles. The maximum absolute atomic E-state index is 13.3. The summed E-state index contributed by atoms with van der Waals surface area (Å²) in [6.45, 7) is 1.93. The highest BCUT2D eigenvalue weighted by atomic mass is 19.2. The molecule has 1 aromatic carbocycles. The van der Waals surface area contributed by atoms with Crippen LogP contribution in [0.2, 0.25) is 0 Å². The number of benzene rings is 1. The molecule has 3 nitrogen and oxygen atoms in total. The van der Waals surface area contributed by atoms with Crippen LogP contribution in [0.4, 0.5) is 8.78 Å². The average molecular weight is 229 g/mol. The second kappa shape index (κ2) is 4.76. The lowest BCUT2D eigenvalue weighted by atomic mass is 10.1. The molecule has 1 unspecified atom stereocenters. The van der Waals surface area contributed by atoms with Gasteiger partial charge in [-0.1, -0.05) is 0 Å². The molecule has 88 valence electrons. The van der Waals surface area contributed by atoms with Gasteiger partial charge in [0.2, 0.25) is 5.82 Å². The molecule has 0 amide bonds. The molecule has 5 heteroatoms. The van der Waals surface area contributed by atoms with Gasteiger partial charge in [-0.2, -0.15) is 4.39 Å². The van der Waals surface area contributed by atoms with Gasteiger partial charge in [-0.3, -0.25) is 0 Å². The fourth-order valence-electron chi connectivity index (χ4n) is 1.70. The summed E-state index contributed by atoms with van der Waals surface area (Å²) in [5.41, 5.74) is 0.586. The van der Waals surface area contributed by atoms with Crippen molar-refractivity contribution >= 4 is 0 Å². The fourth-order valence-corrected chi connectivity index (χ4v) is 1.70. The highest BCUT2D eigenvalue weighted by molar-refractivity contribution is 5.33. The van der Waals surface area contributed by atoms with Crippen LogP contribution in [0.3, 0.4) is 0 Å². The van der Waals surface area contributed by atoms with Crippen LogP contribution < -0.4 is 10.1 Å². The topological polar surface area (TPSA) is 30.5 Å². The van der Waals surface area contributed by atoms with E-state index in [1.807, 2.05) is 0 Å². The number of methoxy groups -OCH3 is 1. The molecule has 1 aromatic rings. The van der Waals surface area contributed by atoms with Gasteiger partial charge in [0.15, 0.2) is 11.6 Å². The first kappa shape index (κ1) is 11.3. The van der Waals surface area contributed by atoms with Crippen LogP contribution >= 0.6 is 0 Å². The zero-order valence-corrected chi connectivity index (χ0v) is 8.93. The molecule has 1 N–H and O–H groups in total. The third kappa shape index (κ3) is 2.15. The van der Waals surface area contributed by atoms with Crippen molar-refractivity contribution in [2.24, 2.45) is 0 Å². The molecule has 0 aromatic heterocycles. The highest BCUT2D eigenvalue weighted by Gasteiger charge is 2.20. The lowest BCUT2D eigenvalue weighted by molar-refractivity contribution is 0.0273. The van der Waals surface area contributed by atoms with Crippen LogP contribution in [0.5, 0.6) is 5.75 Å². The second-order valence-electron chi connectivity index (χ2n) is 3.58. The van der Waals surface area contributed by atoms with Crippen molar-refractivity contribution < 1.29 is 18.3 Å². The average Bonchev–Trinajstić information content (AvgIpc) is 2.33. The van der Waals surface area contributed by atoms with Crippen molar-refractivity contribution in [2.45, 2.75) is 6.10 Å². The van der Waals surface area contributed by atoms with Gasteiger partial charge in [-0.05, 0) is 17.7 Å². The van der Waals surface area contributed by atoms with Crippen LogP contribution in [-0.2, 0) is 4.74 Å². The Labute approximate surface area is 92.4 Å². The summed E-state index contributed by atoms with van der Waals surface area (Å²) >= 11 is 0. The normalized spacial score (nSPS) is 20.8. The van der Waals surface area contributed by atoms with Crippen LogP contribution in [0.15, 0.2) is 12.1 Å². The minimum absolute atomic E-state index is 0.0934. The molecule has 1 aliphatic heterocycles. The number of ether oxygens (including phenoxy) is 2. The molecule has 0 radical (unpaired) electrons. The predicted molar refractivity (Wildman–Crippen MR) is 54.5 cm³/mol. The monoisotopic (exact) mass is 229 g/mol. The molecule has 1 fully saturated rings. The Morgan fingerprint density at radius 1 is 1.44 bits per heavy atom. The maximum atomic E-state index is 13.3. The van der Waals surface area contributed by atoms with Crippen molar-refractivity contribution in [1.82, 2.24) is 5.32 Å². The van der Waals surface area contributed by atoms with Crippen molar-refractivity contribution in [3.8, 4) is 5.75 Å². The van der Waals surface area contributed by atoms with Crippen LogP contribution in [0.25, 0.3) is 0 Å². The van der Waals surface area contributed by atoms with Crippen LogP contribution in [0, 0.1) is 11.6 Å². The zero-order chi connectivity index (χ0) is 11.5. The molecule has 1 heterocycles. The Morgan fingerprint density at radius 2 is 2.25 bits per heavy atom. The van der Waals surface area contributed by atoms with E-state index in [1.54, 1.807) is 0 Å². The number of rotatable bonds is 2. The Hall–Kier alpha value is -1.20.